The number of nitrogens with zero attached hydrogens (tertiary/aromatic N) is 3. The highest BCUT2D eigenvalue weighted by atomic mass is 35.5. The van der Waals surface area contributed by atoms with Gasteiger partial charge in [-0.1, -0.05) is 41.6 Å². The molecule has 5 nitrogen and oxygen atoms in total. The largest absolute Gasteiger partial charge is 0.343 e. The lowest BCUT2D eigenvalue weighted by Crippen LogP contribution is -2.27. The third-order valence-corrected chi connectivity index (χ3v) is 6.30. The van der Waals surface area contributed by atoms with Crippen molar-refractivity contribution in [2.45, 2.75) is 30.8 Å². The Hall–Kier alpha value is -2.31. The molecular formula is C22H22ClN3O2S. The van der Waals surface area contributed by atoms with Crippen LogP contribution in [-0.2, 0) is 4.79 Å². The number of carbonyl (C=O) groups excluding carboxylic acids is 1. The fraction of sp³-hybridized carbons (Fsp3) is 0.318. The zero-order valence-electron chi connectivity index (χ0n) is 16.0. The molecule has 29 heavy (non-hydrogen) atoms. The third-order valence-electron chi connectivity index (χ3n) is 5.04. The second kappa shape index (κ2) is 9.01. The van der Waals surface area contributed by atoms with Gasteiger partial charge in [0.1, 0.15) is 0 Å². The number of rotatable bonds is 6. The van der Waals surface area contributed by atoms with Crippen LogP contribution >= 0.6 is 23.4 Å². The lowest BCUT2D eigenvalue weighted by atomic mass is 10.2. The van der Waals surface area contributed by atoms with Crippen LogP contribution in [0.1, 0.15) is 25.7 Å². The number of amides is 1. The summed E-state index contributed by atoms with van der Waals surface area (Å²) in [7, 11) is 0. The summed E-state index contributed by atoms with van der Waals surface area (Å²) in [6, 6.07) is 14.6. The molecule has 0 N–H and O–H groups in total. The maximum Gasteiger partial charge on any atom is 0.266 e. The van der Waals surface area contributed by atoms with Crippen molar-refractivity contribution in [3.05, 3.63) is 63.9 Å². The molecule has 1 fully saturated rings. The smallest absolute Gasteiger partial charge is 0.266 e. The molecule has 150 valence electrons. The standard InChI is InChI=1S/C22H22ClN3O2S/c23-16-7-5-8-17(15-16)26-21(28)18-9-1-2-10-19(18)24-22(26)29-14-6-11-20(27)25-12-3-4-13-25/h1-2,5,7-10,15H,3-4,6,11-14H2. The minimum atomic E-state index is -0.117. The second-order valence-corrected chi connectivity index (χ2v) is 8.57. The average molecular weight is 428 g/mol. The van der Waals surface area contributed by atoms with Crippen molar-refractivity contribution in [2.75, 3.05) is 18.8 Å². The molecular weight excluding hydrogens is 406 g/mol. The van der Waals surface area contributed by atoms with Crippen LogP contribution in [-0.4, -0.2) is 39.2 Å². The van der Waals surface area contributed by atoms with Gasteiger partial charge in [-0.2, -0.15) is 0 Å². The number of likely N-dealkylation sites (tertiary alicyclic amines) is 1. The monoisotopic (exact) mass is 427 g/mol. The summed E-state index contributed by atoms with van der Waals surface area (Å²) in [5.74, 6) is 0.937. The fourth-order valence-electron chi connectivity index (χ4n) is 3.56. The zero-order chi connectivity index (χ0) is 20.2. The van der Waals surface area contributed by atoms with E-state index in [1.165, 1.54) is 11.8 Å². The molecule has 1 amide bonds. The maximum absolute atomic E-state index is 13.2. The summed E-state index contributed by atoms with van der Waals surface area (Å²) in [5.41, 5.74) is 1.25. The number of carbonyl (C=O) groups is 1. The van der Waals surface area contributed by atoms with Crippen LogP contribution in [0.2, 0.25) is 5.02 Å². The summed E-state index contributed by atoms with van der Waals surface area (Å²) in [6.07, 6.45) is 3.49. The molecule has 2 aromatic carbocycles. The molecule has 0 atom stereocenters. The van der Waals surface area contributed by atoms with Crippen molar-refractivity contribution >= 4 is 40.2 Å². The summed E-state index contributed by atoms with van der Waals surface area (Å²) >= 11 is 7.66. The fourth-order valence-corrected chi connectivity index (χ4v) is 4.70. The van der Waals surface area contributed by atoms with E-state index < -0.39 is 0 Å². The van der Waals surface area contributed by atoms with Crippen LogP contribution in [0.5, 0.6) is 0 Å². The van der Waals surface area contributed by atoms with E-state index >= 15 is 0 Å². The molecule has 0 bridgehead atoms. The van der Waals surface area contributed by atoms with E-state index in [0.717, 1.165) is 32.4 Å². The van der Waals surface area contributed by atoms with Crippen LogP contribution in [0.15, 0.2) is 58.5 Å². The highest BCUT2D eigenvalue weighted by molar-refractivity contribution is 7.99. The van der Waals surface area contributed by atoms with Gasteiger partial charge in [0, 0.05) is 30.3 Å². The van der Waals surface area contributed by atoms with Gasteiger partial charge in [0.15, 0.2) is 5.16 Å². The summed E-state index contributed by atoms with van der Waals surface area (Å²) in [4.78, 5) is 32.1. The quantitative estimate of drug-likeness (QED) is 0.329. The number of thioether (sulfide) groups is 1. The van der Waals surface area contributed by atoms with E-state index in [9.17, 15) is 9.59 Å². The third kappa shape index (κ3) is 4.49. The zero-order valence-corrected chi connectivity index (χ0v) is 17.6. The van der Waals surface area contributed by atoms with Gasteiger partial charge in [-0.3, -0.25) is 14.2 Å². The molecule has 1 saturated heterocycles. The molecule has 0 aliphatic carbocycles. The average Bonchev–Trinajstić information content (AvgIpc) is 3.26. The van der Waals surface area contributed by atoms with Gasteiger partial charge in [-0.05, 0) is 49.6 Å². The van der Waals surface area contributed by atoms with Crippen molar-refractivity contribution in [1.29, 1.82) is 0 Å². The molecule has 3 aromatic rings. The Morgan fingerprint density at radius 2 is 1.90 bits per heavy atom. The van der Waals surface area contributed by atoms with Crippen LogP contribution in [0.4, 0.5) is 0 Å². The molecule has 0 spiro atoms. The van der Waals surface area contributed by atoms with Crippen molar-refractivity contribution in [3.63, 3.8) is 0 Å². The second-order valence-electron chi connectivity index (χ2n) is 7.07. The van der Waals surface area contributed by atoms with Crippen LogP contribution in [0.3, 0.4) is 0 Å². The summed E-state index contributed by atoms with van der Waals surface area (Å²) < 4.78 is 1.61. The first-order valence-electron chi connectivity index (χ1n) is 9.82. The molecule has 4 rings (SSSR count). The molecule has 7 heteroatoms. The van der Waals surface area contributed by atoms with E-state index in [-0.39, 0.29) is 11.5 Å². The van der Waals surface area contributed by atoms with Gasteiger partial charge in [0.2, 0.25) is 5.91 Å². The Balaban J connectivity index is 1.58. The van der Waals surface area contributed by atoms with E-state index in [0.29, 0.717) is 38.9 Å². The topological polar surface area (TPSA) is 55.2 Å². The van der Waals surface area contributed by atoms with Gasteiger partial charge < -0.3 is 4.90 Å². The number of benzene rings is 2. The number of hydrogen-bond donors (Lipinski definition) is 0. The molecule has 0 unspecified atom stereocenters. The van der Waals surface area contributed by atoms with Gasteiger partial charge in [0.25, 0.3) is 5.56 Å². The summed E-state index contributed by atoms with van der Waals surface area (Å²) in [5, 5.41) is 1.75. The summed E-state index contributed by atoms with van der Waals surface area (Å²) in [6.45, 7) is 1.76. The minimum Gasteiger partial charge on any atom is -0.343 e. The lowest BCUT2D eigenvalue weighted by Gasteiger charge is -2.15. The first-order valence-corrected chi connectivity index (χ1v) is 11.2. The Morgan fingerprint density at radius 3 is 2.69 bits per heavy atom. The predicted octanol–water partition coefficient (Wildman–Crippen LogP) is 4.53. The van der Waals surface area contributed by atoms with E-state index in [1.54, 1.807) is 22.8 Å². The minimum absolute atomic E-state index is 0.117. The lowest BCUT2D eigenvalue weighted by molar-refractivity contribution is -0.130. The normalized spacial score (nSPS) is 13.9. The van der Waals surface area contributed by atoms with Crippen molar-refractivity contribution in [3.8, 4) is 5.69 Å². The number of hydrogen-bond acceptors (Lipinski definition) is 4. The molecule has 1 aliphatic rings. The number of halogens is 1. The Kier molecular flexibility index (Phi) is 6.21. The number of fused-ring (bicyclic) bond motifs is 1. The number of aromatic nitrogens is 2. The first kappa shape index (κ1) is 20.0. The van der Waals surface area contributed by atoms with E-state index in [2.05, 4.69) is 0 Å². The van der Waals surface area contributed by atoms with Crippen LogP contribution < -0.4 is 5.56 Å². The van der Waals surface area contributed by atoms with Crippen molar-refractivity contribution in [2.24, 2.45) is 0 Å². The Bertz CT molecular complexity index is 1090. The van der Waals surface area contributed by atoms with Crippen molar-refractivity contribution < 1.29 is 4.79 Å². The number of para-hydroxylation sites is 1. The molecule has 0 radical (unpaired) electrons. The van der Waals surface area contributed by atoms with Gasteiger partial charge >= 0.3 is 0 Å². The van der Waals surface area contributed by atoms with Crippen molar-refractivity contribution in [1.82, 2.24) is 14.5 Å². The predicted molar refractivity (Wildman–Crippen MR) is 118 cm³/mol. The highest BCUT2D eigenvalue weighted by Gasteiger charge is 2.18. The van der Waals surface area contributed by atoms with E-state index in [1.807, 2.05) is 35.2 Å². The Morgan fingerprint density at radius 1 is 1.10 bits per heavy atom. The molecule has 2 heterocycles. The first-order chi connectivity index (χ1) is 14.1. The SMILES string of the molecule is O=C(CCCSc1nc2ccccc2c(=O)n1-c1cccc(Cl)c1)N1CCCC1. The van der Waals surface area contributed by atoms with Gasteiger partial charge in [-0.25, -0.2) is 4.98 Å². The Labute approximate surface area is 178 Å². The molecule has 1 aliphatic heterocycles. The molecule has 0 saturated carbocycles. The van der Waals surface area contributed by atoms with Crippen LogP contribution in [0, 0.1) is 0 Å². The van der Waals surface area contributed by atoms with E-state index in [4.69, 9.17) is 16.6 Å². The highest BCUT2D eigenvalue weighted by Crippen LogP contribution is 2.24. The van der Waals surface area contributed by atoms with Gasteiger partial charge in [0.05, 0.1) is 16.6 Å². The van der Waals surface area contributed by atoms with Gasteiger partial charge in [-0.15, -0.1) is 0 Å². The van der Waals surface area contributed by atoms with Crippen LogP contribution in [0.25, 0.3) is 16.6 Å². The maximum atomic E-state index is 13.2. The molecule has 1 aromatic heterocycles.